The summed E-state index contributed by atoms with van der Waals surface area (Å²) in [7, 11) is 0. The minimum atomic E-state index is 0.0344. The Balaban J connectivity index is 1.82. The van der Waals surface area contributed by atoms with Gasteiger partial charge in [-0.25, -0.2) is 0 Å². The number of benzene rings is 1. The van der Waals surface area contributed by atoms with Crippen molar-refractivity contribution < 1.29 is 14.3 Å². The first-order valence-corrected chi connectivity index (χ1v) is 8.02. The molecule has 1 amide bonds. The molecule has 22 heavy (non-hydrogen) atoms. The molecule has 1 N–H and O–H groups in total. The number of carbonyl (C=O) groups excluding carboxylic acids is 1. The maximum absolute atomic E-state index is 11.8. The van der Waals surface area contributed by atoms with Gasteiger partial charge in [0.1, 0.15) is 0 Å². The average Bonchev–Trinajstić information content (AvgIpc) is 2.53. The second kappa shape index (κ2) is 8.76. The standard InChI is InChI=1S/C17H26N2O3/c1-3-21-11-4-5-17(20)18-15-6-8-16(9-7-15)19-10-12-22-13-14(19)2/h6-9,14H,3-5,10-13H2,1-2H3,(H,18,20). The summed E-state index contributed by atoms with van der Waals surface area (Å²) in [6.45, 7) is 7.89. The predicted molar refractivity (Wildman–Crippen MR) is 88.4 cm³/mol. The number of ether oxygens (including phenoxy) is 2. The smallest absolute Gasteiger partial charge is 0.224 e. The molecule has 1 aliphatic heterocycles. The summed E-state index contributed by atoms with van der Waals surface area (Å²) in [6.07, 6.45) is 1.24. The van der Waals surface area contributed by atoms with E-state index in [-0.39, 0.29) is 5.91 Å². The minimum Gasteiger partial charge on any atom is -0.382 e. The molecule has 0 bridgehead atoms. The second-order valence-corrected chi connectivity index (χ2v) is 5.51. The second-order valence-electron chi connectivity index (χ2n) is 5.51. The van der Waals surface area contributed by atoms with Crippen molar-refractivity contribution in [2.24, 2.45) is 0 Å². The molecule has 5 nitrogen and oxygen atoms in total. The molecule has 0 aliphatic carbocycles. The van der Waals surface area contributed by atoms with Crippen molar-refractivity contribution in [2.45, 2.75) is 32.7 Å². The summed E-state index contributed by atoms with van der Waals surface area (Å²) in [6, 6.07) is 8.40. The quantitative estimate of drug-likeness (QED) is 0.787. The Hall–Kier alpha value is -1.59. The van der Waals surface area contributed by atoms with Gasteiger partial charge in [-0.3, -0.25) is 4.79 Å². The van der Waals surface area contributed by atoms with E-state index in [4.69, 9.17) is 9.47 Å². The average molecular weight is 306 g/mol. The third-order valence-electron chi connectivity index (χ3n) is 3.75. The highest BCUT2D eigenvalue weighted by Gasteiger charge is 2.18. The molecule has 1 heterocycles. The van der Waals surface area contributed by atoms with Gasteiger partial charge in [-0.15, -0.1) is 0 Å². The van der Waals surface area contributed by atoms with Gasteiger partial charge in [0.15, 0.2) is 0 Å². The van der Waals surface area contributed by atoms with Gasteiger partial charge < -0.3 is 19.7 Å². The van der Waals surface area contributed by atoms with Crippen LogP contribution in [0.25, 0.3) is 0 Å². The molecule has 1 aliphatic rings. The largest absolute Gasteiger partial charge is 0.382 e. The summed E-state index contributed by atoms with van der Waals surface area (Å²) in [5.41, 5.74) is 2.01. The Bertz CT molecular complexity index is 461. The summed E-state index contributed by atoms with van der Waals surface area (Å²) < 4.78 is 10.7. The molecule has 5 heteroatoms. The zero-order valence-electron chi connectivity index (χ0n) is 13.5. The van der Waals surface area contributed by atoms with Crippen LogP contribution in [0.2, 0.25) is 0 Å². The highest BCUT2D eigenvalue weighted by Crippen LogP contribution is 2.22. The van der Waals surface area contributed by atoms with Gasteiger partial charge in [-0.2, -0.15) is 0 Å². The summed E-state index contributed by atoms with van der Waals surface area (Å²) in [5.74, 6) is 0.0344. The molecule has 1 unspecified atom stereocenters. The maximum atomic E-state index is 11.8. The van der Waals surface area contributed by atoms with Crippen molar-refractivity contribution in [1.82, 2.24) is 0 Å². The van der Waals surface area contributed by atoms with E-state index in [1.54, 1.807) is 0 Å². The van der Waals surface area contributed by atoms with Crippen LogP contribution in [0.1, 0.15) is 26.7 Å². The van der Waals surface area contributed by atoms with E-state index in [2.05, 4.69) is 29.3 Å². The molecule has 0 saturated carbocycles. The molecule has 2 rings (SSSR count). The number of carbonyl (C=O) groups is 1. The van der Waals surface area contributed by atoms with Crippen LogP contribution < -0.4 is 10.2 Å². The highest BCUT2D eigenvalue weighted by molar-refractivity contribution is 5.90. The number of morpholine rings is 1. The van der Waals surface area contributed by atoms with Gasteiger partial charge in [0.2, 0.25) is 5.91 Å². The van der Waals surface area contributed by atoms with Crippen LogP contribution in [0, 0.1) is 0 Å². The summed E-state index contributed by atoms with van der Waals surface area (Å²) in [5, 5.41) is 2.92. The topological polar surface area (TPSA) is 50.8 Å². The number of amides is 1. The third kappa shape index (κ3) is 5.00. The van der Waals surface area contributed by atoms with Crippen LogP contribution in [-0.4, -0.2) is 44.9 Å². The molecule has 1 saturated heterocycles. The molecule has 1 aromatic carbocycles. The van der Waals surface area contributed by atoms with Crippen molar-refractivity contribution in [2.75, 3.05) is 43.2 Å². The number of nitrogens with one attached hydrogen (secondary N) is 1. The number of hydrogen-bond acceptors (Lipinski definition) is 4. The van der Waals surface area contributed by atoms with E-state index in [0.29, 0.717) is 25.7 Å². The lowest BCUT2D eigenvalue weighted by Crippen LogP contribution is -2.43. The van der Waals surface area contributed by atoms with E-state index in [1.165, 1.54) is 5.69 Å². The van der Waals surface area contributed by atoms with E-state index in [1.807, 2.05) is 19.1 Å². The van der Waals surface area contributed by atoms with Crippen LogP contribution in [-0.2, 0) is 14.3 Å². The summed E-state index contributed by atoms with van der Waals surface area (Å²) >= 11 is 0. The van der Waals surface area contributed by atoms with Crippen LogP contribution >= 0.6 is 0 Å². The first-order valence-electron chi connectivity index (χ1n) is 8.02. The Morgan fingerprint density at radius 1 is 1.41 bits per heavy atom. The van der Waals surface area contributed by atoms with E-state index in [0.717, 1.165) is 31.9 Å². The zero-order valence-corrected chi connectivity index (χ0v) is 13.5. The van der Waals surface area contributed by atoms with E-state index >= 15 is 0 Å². The Morgan fingerprint density at radius 2 is 2.18 bits per heavy atom. The molecular formula is C17H26N2O3. The van der Waals surface area contributed by atoms with Gasteiger partial charge in [-0.05, 0) is 44.5 Å². The number of nitrogens with zero attached hydrogens (tertiary/aromatic N) is 1. The lowest BCUT2D eigenvalue weighted by Gasteiger charge is -2.35. The fourth-order valence-corrected chi connectivity index (χ4v) is 2.55. The first-order chi connectivity index (χ1) is 10.7. The van der Waals surface area contributed by atoms with Crippen molar-refractivity contribution in [3.05, 3.63) is 24.3 Å². The van der Waals surface area contributed by atoms with Crippen molar-refractivity contribution >= 4 is 17.3 Å². The molecule has 1 fully saturated rings. The fraction of sp³-hybridized carbons (Fsp3) is 0.588. The molecule has 122 valence electrons. The normalized spacial score (nSPS) is 18.3. The Labute approximate surface area is 132 Å². The molecule has 1 atom stereocenters. The molecule has 0 radical (unpaired) electrons. The van der Waals surface area contributed by atoms with E-state index < -0.39 is 0 Å². The van der Waals surface area contributed by atoms with Crippen LogP contribution in [0.3, 0.4) is 0 Å². The maximum Gasteiger partial charge on any atom is 0.224 e. The van der Waals surface area contributed by atoms with Crippen molar-refractivity contribution in [3.63, 3.8) is 0 Å². The number of anilines is 2. The fourth-order valence-electron chi connectivity index (χ4n) is 2.55. The van der Waals surface area contributed by atoms with Gasteiger partial charge in [0, 0.05) is 43.6 Å². The zero-order chi connectivity index (χ0) is 15.8. The third-order valence-corrected chi connectivity index (χ3v) is 3.75. The van der Waals surface area contributed by atoms with Gasteiger partial charge >= 0.3 is 0 Å². The molecule has 0 aromatic heterocycles. The summed E-state index contributed by atoms with van der Waals surface area (Å²) in [4.78, 5) is 14.2. The predicted octanol–water partition coefficient (Wildman–Crippen LogP) is 2.67. The van der Waals surface area contributed by atoms with E-state index in [9.17, 15) is 4.79 Å². The number of rotatable bonds is 7. The van der Waals surface area contributed by atoms with Gasteiger partial charge in [0.25, 0.3) is 0 Å². The molecule has 1 aromatic rings. The Morgan fingerprint density at radius 3 is 2.86 bits per heavy atom. The highest BCUT2D eigenvalue weighted by atomic mass is 16.5. The molecular weight excluding hydrogens is 280 g/mol. The van der Waals surface area contributed by atoms with Crippen LogP contribution in [0.15, 0.2) is 24.3 Å². The SMILES string of the molecule is CCOCCCC(=O)Nc1ccc(N2CCOCC2C)cc1. The van der Waals surface area contributed by atoms with Gasteiger partial charge in [-0.1, -0.05) is 0 Å². The molecule has 0 spiro atoms. The lowest BCUT2D eigenvalue weighted by atomic mass is 10.2. The van der Waals surface area contributed by atoms with Crippen LogP contribution in [0.4, 0.5) is 11.4 Å². The monoisotopic (exact) mass is 306 g/mol. The van der Waals surface area contributed by atoms with Crippen molar-refractivity contribution in [1.29, 1.82) is 0 Å². The first kappa shape index (κ1) is 16.8. The van der Waals surface area contributed by atoms with Crippen molar-refractivity contribution in [3.8, 4) is 0 Å². The van der Waals surface area contributed by atoms with Gasteiger partial charge in [0.05, 0.1) is 13.2 Å². The lowest BCUT2D eigenvalue weighted by molar-refractivity contribution is -0.116. The minimum absolute atomic E-state index is 0.0344. The van der Waals surface area contributed by atoms with Crippen LogP contribution in [0.5, 0.6) is 0 Å². The Kier molecular flexibility index (Phi) is 6.68. The number of hydrogen-bond donors (Lipinski definition) is 1.